The third-order valence-corrected chi connectivity index (χ3v) is 9.09. The molecule has 4 rings (SSSR count). The molecule has 0 aromatic carbocycles. The molecule has 0 radical (unpaired) electrons. The van der Waals surface area contributed by atoms with Gasteiger partial charge in [-0.25, -0.2) is 0 Å². The monoisotopic (exact) mass is 332 g/mol. The maximum Gasteiger partial charge on any atom is 0.161 e. The minimum absolute atomic E-state index is 0.0516. The highest BCUT2D eigenvalue weighted by atomic mass is 16.3. The number of carbonyl (C=O) groups excluding carboxylic acids is 2. The van der Waals surface area contributed by atoms with Gasteiger partial charge in [0.2, 0.25) is 0 Å². The molecule has 1 N–H and O–H groups in total. The predicted molar refractivity (Wildman–Crippen MR) is 92.4 cm³/mol. The van der Waals surface area contributed by atoms with Gasteiger partial charge < -0.3 is 5.11 Å². The molecular weight excluding hydrogens is 300 g/mol. The maximum atomic E-state index is 12.5. The molecule has 0 aliphatic heterocycles. The fourth-order valence-corrected chi connectivity index (χ4v) is 7.34. The van der Waals surface area contributed by atoms with E-state index in [9.17, 15) is 14.7 Å². The quantitative estimate of drug-likeness (QED) is 0.792. The molecule has 4 unspecified atom stereocenters. The number of carbonyl (C=O) groups is 2. The van der Waals surface area contributed by atoms with Crippen LogP contribution in [0.3, 0.4) is 0 Å². The van der Waals surface area contributed by atoms with Gasteiger partial charge in [0.1, 0.15) is 11.4 Å². The first-order valence-corrected chi connectivity index (χ1v) is 9.97. The van der Waals surface area contributed by atoms with Gasteiger partial charge in [-0.1, -0.05) is 13.8 Å². The minimum atomic E-state index is -1.08. The number of aliphatic hydroxyl groups is 1. The van der Waals surface area contributed by atoms with E-state index < -0.39 is 5.60 Å². The molecule has 0 saturated heterocycles. The first-order valence-electron chi connectivity index (χ1n) is 9.97. The van der Waals surface area contributed by atoms with E-state index in [1.54, 1.807) is 6.92 Å². The number of hydrogen-bond donors (Lipinski definition) is 1. The third kappa shape index (κ3) is 2.06. The summed E-state index contributed by atoms with van der Waals surface area (Å²) in [6.45, 7) is 6.20. The van der Waals surface area contributed by atoms with Crippen LogP contribution in [-0.2, 0) is 9.59 Å². The normalized spacial score (nSPS) is 53.9. The van der Waals surface area contributed by atoms with Crippen LogP contribution in [-0.4, -0.2) is 22.3 Å². The first-order chi connectivity index (χ1) is 11.2. The Morgan fingerprint density at radius 3 is 2.50 bits per heavy atom. The number of ketones is 2. The lowest BCUT2D eigenvalue weighted by Crippen LogP contribution is -2.57. The Kier molecular flexibility index (Phi) is 3.60. The molecule has 0 aromatic heterocycles. The van der Waals surface area contributed by atoms with Crippen LogP contribution < -0.4 is 0 Å². The second-order valence-corrected chi connectivity index (χ2v) is 9.87. The largest absolute Gasteiger partial charge is 0.382 e. The Hall–Kier alpha value is -0.700. The zero-order valence-corrected chi connectivity index (χ0v) is 15.4. The van der Waals surface area contributed by atoms with E-state index in [1.165, 1.54) is 6.42 Å². The summed E-state index contributed by atoms with van der Waals surface area (Å²) >= 11 is 0. The Morgan fingerprint density at radius 2 is 1.79 bits per heavy atom. The van der Waals surface area contributed by atoms with Crippen LogP contribution in [0.4, 0.5) is 0 Å². The maximum absolute atomic E-state index is 12.5. The molecule has 3 nitrogen and oxygen atoms in total. The van der Waals surface area contributed by atoms with Crippen molar-refractivity contribution >= 4 is 11.6 Å². The Labute approximate surface area is 145 Å². The van der Waals surface area contributed by atoms with Gasteiger partial charge in [-0.05, 0) is 87.4 Å². The lowest BCUT2D eigenvalue weighted by molar-refractivity contribution is -0.165. The van der Waals surface area contributed by atoms with Crippen LogP contribution in [0.2, 0.25) is 0 Å². The van der Waals surface area contributed by atoms with Crippen LogP contribution >= 0.6 is 0 Å². The highest BCUT2D eigenvalue weighted by Crippen LogP contribution is 2.66. The summed E-state index contributed by atoms with van der Waals surface area (Å²) in [5.41, 5.74) is -0.889. The van der Waals surface area contributed by atoms with Crippen LogP contribution in [0.15, 0.2) is 0 Å². The van der Waals surface area contributed by atoms with Gasteiger partial charge in [-0.15, -0.1) is 0 Å². The molecule has 4 aliphatic rings. The summed E-state index contributed by atoms with van der Waals surface area (Å²) in [7, 11) is 0. The van der Waals surface area contributed by atoms with Crippen molar-refractivity contribution in [3.05, 3.63) is 0 Å². The van der Waals surface area contributed by atoms with Gasteiger partial charge in [0.25, 0.3) is 0 Å². The molecule has 4 fully saturated rings. The van der Waals surface area contributed by atoms with Crippen LogP contribution in [0, 0.1) is 34.5 Å². The highest BCUT2D eigenvalue weighted by Gasteiger charge is 2.61. The molecule has 0 heterocycles. The number of hydrogen-bond acceptors (Lipinski definition) is 3. The first kappa shape index (κ1) is 16.8. The zero-order valence-electron chi connectivity index (χ0n) is 15.4. The zero-order chi connectivity index (χ0) is 17.3. The minimum Gasteiger partial charge on any atom is -0.382 e. The SMILES string of the molecule is CC(=O)C1(O)CC[C@]2(C)C3CC[C@]4(C)C(=O)CCC4C3CC[C@H]2C1. The van der Waals surface area contributed by atoms with Gasteiger partial charge in [-0.3, -0.25) is 9.59 Å². The lowest BCUT2D eigenvalue weighted by atomic mass is 9.44. The molecule has 4 saturated carbocycles. The van der Waals surface area contributed by atoms with Gasteiger partial charge >= 0.3 is 0 Å². The second kappa shape index (κ2) is 5.16. The summed E-state index contributed by atoms with van der Waals surface area (Å²) in [6, 6.07) is 0. The van der Waals surface area contributed by atoms with Crippen molar-refractivity contribution < 1.29 is 14.7 Å². The Morgan fingerprint density at radius 1 is 1.04 bits per heavy atom. The van der Waals surface area contributed by atoms with Crippen molar-refractivity contribution in [3.8, 4) is 0 Å². The van der Waals surface area contributed by atoms with E-state index in [1.807, 2.05) is 0 Å². The van der Waals surface area contributed by atoms with Crippen molar-refractivity contribution in [3.63, 3.8) is 0 Å². The van der Waals surface area contributed by atoms with Crippen molar-refractivity contribution in [2.45, 2.75) is 84.2 Å². The fraction of sp³-hybridized carbons (Fsp3) is 0.905. The van der Waals surface area contributed by atoms with E-state index in [0.717, 1.165) is 38.5 Å². The number of fused-ring (bicyclic) bond motifs is 5. The molecule has 7 atom stereocenters. The molecule has 24 heavy (non-hydrogen) atoms. The highest BCUT2D eigenvalue weighted by molar-refractivity contribution is 5.87. The standard InChI is InChI=1S/C21H32O3/c1-13(22)21(24)11-10-19(2)14(12-21)4-5-15-16-6-7-18(23)20(16,3)9-8-17(15)19/h14-17,24H,4-12H2,1-3H3/t14-,15?,16?,17?,19-,20-,21?/m0/s1. The summed E-state index contributed by atoms with van der Waals surface area (Å²) in [4.78, 5) is 24.4. The van der Waals surface area contributed by atoms with E-state index in [-0.39, 0.29) is 16.6 Å². The molecule has 0 bridgehead atoms. The van der Waals surface area contributed by atoms with E-state index in [4.69, 9.17) is 0 Å². The third-order valence-electron chi connectivity index (χ3n) is 9.09. The predicted octanol–water partition coefficient (Wildman–Crippen LogP) is 3.92. The number of Topliss-reactive ketones (excluding diaryl/α,β-unsaturated/α-hetero) is 2. The summed E-state index contributed by atoms with van der Waals surface area (Å²) in [5, 5.41) is 10.7. The molecule has 0 spiro atoms. The Bertz CT molecular complexity index is 584. The lowest BCUT2D eigenvalue weighted by Gasteiger charge is -2.61. The van der Waals surface area contributed by atoms with Crippen molar-refractivity contribution in [1.29, 1.82) is 0 Å². The van der Waals surface area contributed by atoms with E-state index >= 15 is 0 Å². The van der Waals surface area contributed by atoms with Crippen molar-refractivity contribution in [2.75, 3.05) is 0 Å². The molecule has 3 heteroatoms. The van der Waals surface area contributed by atoms with Gasteiger partial charge in [0.05, 0.1) is 0 Å². The smallest absolute Gasteiger partial charge is 0.161 e. The van der Waals surface area contributed by atoms with E-state index in [2.05, 4.69) is 13.8 Å². The fourth-order valence-electron chi connectivity index (χ4n) is 7.34. The van der Waals surface area contributed by atoms with Crippen LogP contribution in [0.1, 0.15) is 78.6 Å². The topological polar surface area (TPSA) is 54.4 Å². The summed E-state index contributed by atoms with van der Waals surface area (Å²) in [5.74, 6) is 2.85. The molecule has 0 amide bonds. The average Bonchev–Trinajstić information content (AvgIpc) is 2.84. The average molecular weight is 332 g/mol. The summed E-state index contributed by atoms with van der Waals surface area (Å²) < 4.78 is 0. The van der Waals surface area contributed by atoms with Gasteiger partial charge in [0.15, 0.2) is 5.78 Å². The van der Waals surface area contributed by atoms with Crippen molar-refractivity contribution in [1.82, 2.24) is 0 Å². The van der Waals surface area contributed by atoms with Crippen LogP contribution in [0.25, 0.3) is 0 Å². The molecule has 4 aliphatic carbocycles. The molecule has 0 aromatic rings. The van der Waals surface area contributed by atoms with E-state index in [0.29, 0.717) is 42.3 Å². The number of rotatable bonds is 1. The Balaban J connectivity index is 1.61. The molecule has 134 valence electrons. The molecular formula is C21H32O3. The summed E-state index contributed by atoms with van der Waals surface area (Å²) in [6.07, 6.45) is 8.64. The van der Waals surface area contributed by atoms with Gasteiger partial charge in [-0.2, -0.15) is 0 Å². The second-order valence-electron chi connectivity index (χ2n) is 9.87. The van der Waals surface area contributed by atoms with Crippen LogP contribution in [0.5, 0.6) is 0 Å². The van der Waals surface area contributed by atoms with Crippen molar-refractivity contribution in [2.24, 2.45) is 34.5 Å². The van der Waals surface area contributed by atoms with Gasteiger partial charge in [0, 0.05) is 11.8 Å².